The van der Waals surface area contributed by atoms with Gasteiger partial charge in [-0.15, -0.1) is 0 Å². The first-order valence-electron chi connectivity index (χ1n) is 2.06. The third-order valence-electron chi connectivity index (χ3n) is 0.425. The van der Waals surface area contributed by atoms with Gasteiger partial charge in [0.1, 0.15) is 13.5 Å². The Morgan fingerprint density at radius 3 is 1.67 bits per heavy atom. The first kappa shape index (κ1) is 8.79. The molecule has 0 saturated carbocycles. The molecule has 6 nitrogen and oxygen atoms in total. The molecular weight excluding hydrogens is 148 g/mol. The van der Waals surface area contributed by atoms with E-state index < -0.39 is 23.9 Å². The van der Waals surface area contributed by atoms with Gasteiger partial charge in [-0.05, 0) is 0 Å². The molecule has 0 aromatic carbocycles. The number of hydrogen-bond acceptors (Lipinski definition) is 6. The highest BCUT2D eigenvalue weighted by atomic mass is 32.3. The average molecular weight is 156 g/mol. The third kappa shape index (κ3) is 4.30. The van der Waals surface area contributed by atoms with Gasteiger partial charge in [0.2, 0.25) is 0 Å². The van der Waals surface area contributed by atoms with Gasteiger partial charge in [0.25, 0.3) is 0 Å². The lowest BCUT2D eigenvalue weighted by Crippen LogP contribution is -2.18. The Kier molecular flexibility index (Phi) is 3.66. The summed E-state index contributed by atoms with van der Waals surface area (Å²) in [6.45, 7) is -0.884. The summed E-state index contributed by atoms with van der Waals surface area (Å²) in [4.78, 5) is 0. The number of rotatable bonds is 4. The zero-order valence-electron chi connectivity index (χ0n) is 4.61. The molecule has 0 heterocycles. The number of hydrogen-bond donors (Lipinski definition) is 2. The summed E-state index contributed by atoms with van der Waals surface area (Å²) in [6, 6.07) is 0. The minimum absolute atomic E-state index is 0.442. The maximum Gasteiger partial charge on any atom is 0.402 e. The van der Waals surface area contributed by atoms with E-state index in [1.807, 2.05) is 0 Å². The van der Waals surface area contributed by atoms with Crippen molar-refractivity contribution in [3.8, 4) is 0 Å². The van der Waals surface area contributed by atoms with Gasteiger partial charge in [-0.3, -0.25) is 0 Å². The molecule has 0 atom stereocenters. The van der Waals surface area contributed by atoms with E-state index in [4.69, 9.17) is 11.5 Å². The summed E-state index contributed by atoms with van der Waals surface area (Å²) in [5, 5.41) is 0. The van der Waals surface area contributed by atoms with Crippen molar-refractivity contribution in [3.63, 3.8) is 0 Å². The molecule has 0 unspecified atom stereocenters. The molecule has 0 aliphatic heterocycles. The highest BCUT2D eigenvalue weighted by Gasteiger charge is 2.07. The maximum absolute atomic E-state index is 10.2. The predicted molar refractivity (Wildman–Crippen MR) is 29.2 cm³/mol. The average Bonchev–Trinajstić information content (AvgIpc) is 1.64. The van der Waals surface area contributed by atoms with E-state index in [0.717, 1.165) is 0 Å². The fraction of sp³-hybridized carbons (Fsp3) is 1.00. The molecule has 0 fully saturated rings. The smallest absolute Gasteiger partial charge is 0.307 e. The van der Waals surface area contributed by atoms with E-state index in [9.17, 15) is 8.42 Å². The first-order valence-corrected chi connectivity index (χ1v) is 3.39. The molecule has 0 radical (unpaired) electrons. The van der Waals surface area contributed by atoms with Crippen LogP contribution >= 0.6 is 0 Å². The van der Waals surface area contributed by atoms with Crippen LogP contribution in [0.2, 0.25) is 0 Å². The molecule has 7 heteroatoms. The SMILES string of the molecule is NCOS(=O)(=O)OCN. The quantitative estimate of drug-likeness (QED) is 0.460. The summed E-state index contributed by atoms with van der Waals surface area (Å²) in [7, 11) is -3.93. The summed E-state index contributed by atoms with van der Waals surface area (Å²) in [5.41, 5.74) is 9.45. The highest BCUT2D eigenvalue weighted by molar-refractivity contribution is 7.81. The van der Waals surface area contributed by atoms with Crippen LogP contribution in [0.15, 0.2) is 0 Å². The lowest BCUT2D eigenvalue weighted by atomic mass is 11.4. The molecule has 56 valence electrons. The Hall–Kier alpha value is -0.210. The van der Waals surface area contributed by atoms with Crippen LogP contribution < -0.4 is 11.5 Å². The molecule has 0 aromatic rings. The van der Waals surface area contributed by atoms with Gasteiger partial charge in [0.05, 0.1) is 0 Å². The standard InChI is InChI=1S/C2H8N2O4S/c3-1-7-9(5,6)8-2-4/h1-4H2. The van der Waals surface area contributed by atoms with E-state index in [1.54, 1.807) is 0 Å². The zero-order chi connectivity index (χ0) is 7.33. The minimum atomic E-state index is -3.93. The van der Waals surface area contributed by atoms with Gasteiger partial charge in [0, 0.05) is 0 Å². The lowest BCUT2D eigenvalue weighted by molar-refractivity contribution is 0.223. The summed E-state index contributed by atoms with van der Waals surface area (Å²) in [6.07, 6.45) is 0. The van der Waals surface area contributed by atoms with Crippen molar-refractivity contribution in [3.05, 3.63) is 0 Å². The molecule has 0 amide bonds. The van der Waals surface area contributed by atoms with Crippen LogP contribution in [0.25, 0.3) is 0 Å². The Morgan fingerprint density at radius 1 is 1.11 bits per heavy atom. The number of nitrogens with two attached hydrogens (primary N) is 2. The Morgan fingerprint density at radius 2 is 1.44 bits per heavy atom. The molecular formula is C2H8N2O4S. The maximum atomic E-state index is 10.2. The molecule has 0 aliphatic carbocycles. The monoisotopic (exact) mass is 156 g/mol. The van der Waals surface area contributed by atoms with Gasteiger partial charge in [-0.1, -0.05) is 0 Å². The molecule has 0 bridgehead atoms. The van der Waals surface area contributed by atoms with Gasteiger partial charge < -0.3 is 11.5 Å². The second-order valence-electron chi connectivity index (χ2n) is 0.977. The van der Waals surface area contributed by atoms with Crippen molar-refractivity contribution >= 4 is 10.4 Å². The molecule has 0 saturated heterocycles. The Balaban J connectivity index is 3.73. The third-order valence-corrected chi connectivity index (χ3v) is 1.27. The van der Waals surface area contributed by atoms with Crippen molar-refractivity contribution in [1.82, 2.24) is 0 Å². The Labute approximate surface area is 53.1 Å². The van der Waals surface area contributed by atoms with Crippen LogP contribution in [-0.2, 0) is 18.8 Å². The van der Waals surface area contributed by atoms with E-state index in [0.29, 0.717) is 0 Å². The largest absolute Gasteiger partial charge is 0.402 e. The molecule has 0 spiro atoms. The summed E-state index contributed by atoms with van der Waals surface area (Å²) >= 11 is 0. The minimum Gasteiger partial charge on any atom is -0.307 e. The fourth-order valence-electron chi connectivity index (χ4n) is 0.201. The van der Waals surface area contributed by atoms with Crippen LogP contribution in [0, 0.1) is 0 Å². The van der Waals surface area contributed by atoms with Crippen LogP contribution in [-0.4, -0.2) is 21.9 Å². The van der Waals surface area contributed by atoms with Crippen molar-refractivity contribution in [2.24, 2.45) is 11.5 Å². The highest BCUT2D eigenvalue weighted by Crippen LogP contribution is 1.89. The van der Waals surface area contributed by atoms with Crippen LogP contribution in [0.3, 0.4) is 0 Å². The Bertz CT molecular complexity index is 140. The molecule has 0 rings (SSSR count). The van der Waals surface area contributed by atoms with Crippen LogP contribution in [0.5, 0.6) is 0 Å². The van der Waals surface area contributed by atoms with Crippen LogP contribution in [0.1, 0.15) is 0 Å². The van der Waals surface area contributed by atoms with E-state index in [-0.39, 0.29) is 0 Å². The molecule has 0 aromatic heterocycles. The second kappa shape index (κ2) is 3.75. The topological polar surface area (TPSA) is 105 Å². The molecule has 0 aliphatic rings. The summed E-state index contributed by atoms with van der Waals surface area (Å²) < 4.78 is 28.3. The van der Waals surface area contributed by atoms with E-state index in [2.05, 4.69) is 8.37 Å². The van der Waals surface area contributed by atoms with Crippen molar-refractivity contribution in [2.75, 3.05) is 13.5 Å². The lowest BCUT2D eigenvalue weighted by Gasteiger charge is -1.98. The second-order valence-corrected chi connectivity index (χ2v) is 2.27. The van der Waals surface area contributed by atoms with Gasteiger partial charge in [0.15, 0.2) is 0 Å². The summed E-state index contributed by atoms with van der Waals surface area (Å²) in [5.74, 6) is 0. The van der Waals surface area contributed by atoms with Gasteiger partial charge in [-0.2, -0.15) is 8.42 Å². The van der Waals surface area contributed by atoms with Crippen LogP contribution in [0.4, 0.5) is 0 Å². The van der Waals surface area contributed by atoms with Crippen molar-refractivity contribution < 1.29 is 16.8 Å². The van der Waals surface area contributed by atoms with E-state index >= 15 is 0 Å². The predicted octanol–water partition coefficient (Wildman–Crippen LogP) is -1.90. The van der Waals surface area contributed by atoms with Crippen molar-refractivity contribution in [1.29, 1.82) is 0 Å². The van der Waals surface area contributed by atoms with Crippen molar-refractivity contribution in [2.45, 2.75) is 0 Å². The van der Waals surface area contributed by atoms with E-state index in [1.165, 1.54) is 0 Å². The molecule has 9 heavy (non-hydrogen) atoms. The van der Waals surface area contributed by atoms with Gasteiger partial charge >= 0.3 is 10.4 Å². The molecule has 4 N–H and O–H groups in total. The zero-order valence-corrected chi connectivity index (χ0v) is 5.43. The first-order chi connectivity index (χ1) is 4.12. The van der Waals surface area contributed by atoms with Gasteiger partial charge in [-0.25, -0.2) is 8.37 Å². The fourth-order valence-corrected chi connectivity index (χ4v) is 0.602. The normalized spacial score (nSPS) is 11.8.